The Balaban J connectivity index is 0.00000320. The molecule has 0 spiro atoms. The molecular formula is C27H31AsClN3O5. The minimum atomic E-state index is -1.65. The van der Waals surface area contributed by atoms with Crippen LogP contribution in [0.25, 0.3) is 22.3 Å². The van der Waals surface area contributed by atoms with E-state index in [0.717, 1.165) is 35.1 Å². The van der Waals surface area contributed by atoms with Crippen molar-refractivity contribution in [1.29, 1.82) is 0 Å². The number of anilines is 1. The first-order valence-electron chi connectivity index (χ1n) is 12.3. The van der Waals surface area contributed by atoms with Crippen molar-refractivity contribution in [3.63, 3.8) is 0 Å². The maximum Gasteiger partial charge on any atom is -0.147 e. The summed E-state index contributed by atoms with van der Waals surface area (Å²) in [6.07, 6.45) is 1.17. The smallest absolute Gasteiger partial charge is 0.147 e. The fourth-order valence-electron chi connectivity index (χ4n) is 5.24. The molecule has 2 atom stereocenters. The van der Waals surface area contributed by atoms with E-state index >= 15 is 0 Å². The van der Waals surface area contributed by atoms with Crippen molar-refractivity contribution in [3.05, 3.63) is 51.3 Å². The molecule has 2 aromatic heterocycles. The van der Waals surface area contributed by atoms with E-state index in [4.69, 9.17) is 14.5 Å². The summed E-state index contributed by atoms with van der Waals surface area (Å²) in [4.78, 5) is 43.6. The number of rotatable bonds is 6. The summed E-state index contributed by atoms with van der Waals surface area (Å²) in [5, 5.41) is 4.73. The van der Waals surface area contributed by atoms with Crippen molar-refractivity contribution in [2.75, 3.05) is 11.9 Å². The van der Waals surface area contributed by atoms with E-state index in [0.29, 0.717) is 35.0 Å². The quantitative estimate of drug-likeness (QED) is 0.274. The topological polar surface area (TPSA) is 99.5 Å². The van der Waals surface area contributed by atoms with Crippen molar-refractivity contribution >= 4 is 62.1 Å². The molecular weight excluding hydrogens is 557 g/mol. The van der Waals surface area contributed by atoms with Crippen LogP contribution in [0.4, 0.5) is 5.69 Å². The molecule has 1 N–H and O–H groups in total. The number of aromatic nitrogens is 2. The first-order valence-corrected chi connectivity index (χ1v) is 13.5. The van der Waals surface area contributed by atoms with Crippen LogP contribution in [-0.4, -0.2) is 44.9 Å². The van der Waals surface area contributed by atoms with Gasteiger partial charge in [0.1, 0.15) is 0 Å². The van der Waals surface area contributed by atoms with Crippen LogP contribution in [0.15, 0.2) is 29.1 Å². The minimum Gasteiger partial charge on any atom is -0.147 e. The van der Waals surface area contributed by atoms with E-state index in [1.165, 1.54) is 28.1 Å². The van der Waals surface area contributed by atoms with Crippen LogP contribution in [0.5, 0.6) is 0 Å². The molecule has 0 radical (unpaired) electrons. The summed E-state index contributed by atoms with van der Waals surface area (Å²) in [7, 11) is 0. The molecule has 5 rings (SSSR count). The summed E-state index contributed by atoms with van der Waals surface area (Å²) in [6.45, 7) is 8.40. The molecule has 0 amide bonds. The molecule has 0 aliphatic carbocycles. The normalized spacial score (nSPS) is 17.5. The summed E-state index contributed by atoms with van der Waals surface area (Å²) in [5.41, 5.74) is 2.97. The number of nitrogens with zero attached hydrogens (tertiary/aromatic N) is 2. The van der Waals surface area contributed by atoms with Crippen LogP contribution >= 0.6 is 12.4 Å². The van der Waals surface area contributed by atoms with Gasteiger partial charge in [0.25, 0.3) is 0 Å². The van der Waals surface area contributed by atoms with Crippen LogP contribution in [-0.2, 0) is 37.8 Å². The fourth-order valence-corrected chi connectivity index (χ4v) is 6.09. The van der Waals surface area contributed by atoms with Gasteiger partial charge in [0.2, 0.25) is 0 Å². The van der Waals surface area contributed by atoms with Gasteiger partial charge in [-0.15, -0.1) is 12.4 Å². The molecule has 0 fully saturated rings. The van der Waals surface area contributed by atoms with Crippen LogP contribution in [0.1, 0.15) is 57.2 Å². The minimum absolute atomic E-state index is 0. The van der Waals surface area contributed by atoms with E-state index in [1.54, 1.807) is 17.6 Å². The summed E-state index contributed by atoms with van der Waals surface area (Å²) >= 11 is 1.52. The zero-order valence-electron chi connectivity index (χ0n) is 21.3. The predicted octanol–water partition coefficient (Wildman–Crippen LogP) is 2.79. The molecule has 8 nitrogen and oxygen atoms in total. The number of cyclic esters (lactones) is 1. The summed E-state index contributed by atoms with van der Waals surface area (Å²) in [6, 6.07) is 7.86. The zero-order chi connectivity index (χ0) is 25.8. The van der Waals surface area contributed by atoms with E-state index in [9.17, 15) is 14.4 Å². The number of halogens is 1. The molecule has 1 unspecified atom stereocenters. The number of ether oxygens (including phenoxy) is 2. The molecule has 37 heavy (non-hydrogen) atoms. The van der Waals surface area contributed by atoms with Gasteiger partial charge in [0.05, 0.1) is 0 Å². The van der Waals surface area contributed by atoms with Gasteiger partial charge < -0.3 is 0 Å². The molecule has 0 saturated heterocycles. The number of esters is 2. The first kappa shape index (κ1) is 27.2. The molecule has 0 bridgehead atoms. The third-order valence-corrected chi connectivity index (χ3v) is 8.06. The van der Waals surface area contributed by atoms with Gasteiger partial charge in [-0.1, -0.05) is 0 Å². The van der Waals surface area contributed by atoms with E-state index in [-0.39, 0.29) is 31.0 Å². The summed E-state index contributed by atoms with van der Waals surface area (Å²) in [5.74, 6) is -0.715. The van der Waals surface area contributed by atoms with Gasteiger partial charge in [0.15, 0.2) is 0 Å². The second-order valence-corrected chi connectivity index (χ2v) is 11.1. The molecule has 2 aliphatic rings. The van der Waals surface area contributed by atoms with Gasteiger partial charge in [-0.2, -0.15) is 0 Å². The number of hydrogen-bond acceptors (Lipinski definition) is 7. The Morgan fingerprint density at radius 3 is 2.73 bits per heavy atom. The average Bonchev–Trinajstić information content (AvgIpc) is 3.19. The van der Waals surface area contributed by atoms with Gasteiger partial charge in [0, 0.05) is 0 Å². The number of benzene rings is 1. The second-order valence-electron chi connectivity index (χ2n) is 9.83. The Bertz CT molecular complexity index is 1490. The summed E-state index contributed by atoms with van der Waals surface area (Å²) < 4.78 is 13.8. The van der Waals surface area contributed by atoms with Crippen LogP contribution < -0.4 is 15.2 Å². The van der Waals surface area contributed by atoms with Gasteiger partial charge in [-0.25, -0.2) is 0 Å². The van der Waals surface area contributed by atoms with Crippen LogP contribution in [0.2, 0.25) is 0 Å². The third kappa shape index (κ3) is 4.34. The van der Waals surface area contributed by atoms with Gasteiger partial charge in [-0.3, -0.25) is 0 Å². The van der Waals surface area contributed by atoms with Crippen molar-refractivity contribution in [2.45, 2.75) is 59.3 Å². The van der Waals surface area contributed by atoms with Crippen LogP contribution in [0, 0.1) is 5.92 Å². The molecule has 196 valence electrons. The largest absolute Gasteiger partial charge is 0.147 e. The van der Waals surface area contributed by atoms with E-state index in [2.05, 4.69) is 25.2 Å². The second kappa shape index (κ2) is 10.1. The Morgan fingerprint density at radius 1 is 1.30 bits per heavy atom. The van der Waals surface area contributed by atoms with E-state index in [1.807, 2.05) is 12.1 Å². The number of nitrogens with one attached hydrogen (secondary N) is 1. The number of fused-ring (bicyclic) bond motifs is 5. The first-order chi connectivity index (χ1) is 17.2. The van der Waals surface area contributed by atoms with Crippen molar-refractivity contribution in [1.82, 2.24) is 9.55 Å². The molecule has 2 aliphatic heterocycles. The Kier molecular flexibility index (Phi) is 7.46. The zero-order valence-corrected chi connectivity index (χ0v) is 24.6. The Morgan fingerprint density at radius 2 is 2.05 bits per heavy atom. The Hall–Kier alpha value is -2.83. The van der Waals surface area contributed by atoms with Crippen molar-refractivity contribution in [2.24, 2.45) is 5.92 Å². The maximum absolute atomic E-state index is 13.7. The number of pyridine rings is 2. The number of carbonyl (C=O) groups excluding carboxylic acids is 2. The molecule has 4 heterocycles. The van der Waals surface area contributed by atoms with Crippen LogP contribution in [0.3, 0.4) is 0 Å². The standard InChI is InChI=1S/C27H30AsN3O5.ClH/c1-5-27(36-15(4)32)18-11-21-23-16(12-31(21)25(33)17(18)13-35-26(27)34)24(29-10-9-14(2)3)22-19(28)7-6-8-20(22)30-23;/h6-8,11,14H,5,9-10,12-13,28H2,1-4H3,(H,29,30);1H/t27-;/m0./s1. The molecule has 10 heteroatoms. The predicted molar refractivity (Wildman–Crippen MR) is 147 cm³/mol. The fraction of sp³-hybridized carbons (Fsp3) is 0.407. The van der Waals surface area contributed by atoms with Crippen molar-refractivity contribution < 1.29 is 19.1 Å². The maximum atomic E-state index is 13.7. The monoisotopic (exact) mass is 587 g/mol. The van der Waals surface area contributed by atoms with Gasteiger partial charge >= 0.3 is 218 Å². The van der Waals surface area contributed by atoms with Crippen molar-refractivity contribution in [3.8, 4) is 11.4 Å². The molecule has 0 saturated carbocycles. The van der Waals surface area contributed by atoms with Gasteiger partial charge in [-0.05, 0) is 0 Å². The molecule has 3 aromatic rings. The van der Waals surface area contributed by atoms with E-state index < -0.39 is 17.5 Å². The number of hydrogen-bond donors (Lipinski definition) is 1. The SMILES string of the molecule is CC[C@@]1(OC(C)=O)C(=O)OCc2c1cc1n(c2=O)Cc2c-1nc1cccc([AsH2])c1c2NCCC(C)C.Cl. The number of carbonyl (C=O) groups is 2. The Labute approximate surface area is 230 Å². The third-order valence-electron chi connectivity index (χ3n) is 7.06. The average molecular weight is 588 g/mol. The molecule has 1 aromatic carbocycles.